The van der Waals surface area contributed by atoms with Crippen molar-refractivity contribution in [3.8, 4) is 0 Å². The van der Waals surface area contributed by atoms with Crippen LogP contribution in [0.1, 0.15) is 6.92 Å². The molecule has 0 saturated heterocycles. The van der Waals surface area contributed by atoms with Gasteiger partial charge in [-0.2, -0.15) is 0 Å². The van der Waals surface area contributed by atoms with Gasteiger partial charge in [0.05, 0.1) is 6.61 Å². The number of hydrogen-bond acceptors (Lipinski definition) is 1. The molecule has 0 aromatic heterocycles. The highest BCUT2D eigenvalue weighted by Gasteiger charge is 1.63. The van der Waals surface area contributed by atoms with E-state index in [4.69, 9.17) is 5.11 Å². The highest BCUT2D eigenvalue weighted by Crippen LogP contribution is 1.82. The van der Waals surface area contributed by atoms with E-state index in [1.807, 2.05) is 55.5 Å². The summed E-state index contributed by atoms with van der Waals surface area (Å²) in [4.78, 5) is 0. The molecule has 0 aromatic rings. The summed E-state index contributed by atoms with van der Waals surface area (Å²) >= 11 is 0. The molecule has 0 heterocycles. The number of rotatable bonds is 5. The minimum atomic E-state index is 0.0925. The number of hydrogen-bond donors (Lipinski definition) is 1. The Kier molecular flexibility index (Phi) is 9.56. The molecule has 1 heteroatoms. The van der Waals surface area contributed by atoms with Crippen LogP contribution in [0.15, 0.2) is 60.8 Å². The zero-order chi connectivity index (χ0) is 9.78. The van der Waals surface area contributed by atoms with E-state index >= 15 is 0 Å². The van der Waals surface area contributed by atoms with Crippen LogP contribution in [-0.2, 0) is 0 Å². The van der Waals surface area contributed by atoms with E-state index in [0.29, 0.717) is 0 Å². The van der Waals surface area contributed by atoms with Crippen LogP contribution >= 0.6 is 0 Å². The minimum Gasteiger partial charge on any atom is -0.392 e. The van der Waals surface area contributed by atoms with Crippen LogP contribution < -0.4 is 0 Å². The van der Waals surface area contributed by atoms with E-state index in [-0.39, 0.29) is 6.61 Å². The van der Waals surface area contributed by atoms with Crippen molar-refractivity contribution in [1.82, 2.24) is 0 Å². The van der Waals surface area contributed by atoms with Gasteiger partial charge in [-0.25, -0.2) is 0 Å². The van der Waals surface area contributed by atoms with Gasteiger partial charge >= 0.3 is 0 Å². The Hall–Kier alpha value is -1.34. The summed E-state index contributed by atoms with van der Waals surface area (Å²) < 4.78 is 0. The molecule has 0 spiro atoms. The lowest BCUT2D eigenvalue weighted by Gasteiger charge is -1.74. The van der Waals surface area contributed by atoms with Gasteiger partial charge in [0.25, 0.3) is 0 Å². The number of aliphatic hydroxyl groups is 1. The molecule has 0 fully saturated rings. The molecule has 0 bridgehead atoms. The molecule has 1 N–H and O–H groups in total. The number of aliphatic hydroxyl groups excluding tert-OH is 1. The second-order valence-corrected chi connectivity index (χ2v) is 2.29. The van der Waals surface area contributed by atoms with Crippen LogP contribution in [0.2, 0.25) is 0 Å². The van der Waals surface area contributed by atoms with Gasteiger partial charge in [0.15, 0.2) is 0 Å². The summed E-state index contributed by atoms with van der Waals surface area (Å²) in [5, 5.41) is 8.41. The fraction of sp³-hybridized carbons (Fsp3) is 0.167. The Labute approximate surface area is 80.1 Å². The molecule has 0 radical (unpaired) electrons. The fourth-order valence-electron chi connectivity index (χ4n) is 0.635. The van der Waals surface area contributed by atoms with Gasteiger partial charge in [0.1, 0.15) is 0 Å². The molecule has 0 unspecified atom stereocenters. The molecule has 0 rings (SSSR count). The predicted molar refractivity (Wildman–Crippen MR) is 58.5 cm³/mol. The lowest BCUT2D eigenvalue weighted by molar-refractivity contribution is 0.343. The van der Waals surface area contributed by atoms with Crippen LogP contribution in [0, 0.1) is 0 Å². The van der Waals surface area contributed by atoms with E-state index < -0.39 is 0 Å². The molecule has 0 atom stereocenters. The topological polar surface area (TPSA) is 20.2 Å². The average molecular weight is 176 g/mol. The maximum absolute atomic E-state index is 8.41. The number of allylic oxidation sites excluding steroid dienone is 9. The summed E-state index contributed by atoms with van der Waals surface area (Å²) in [5.41, 5.74) is 0. The Balaban J connectivity index is 3.62. The van der Waals surface area contributed by atoms with Gasteiger partial charge < -0.3 is 5.11 Å². The van der Waals surface area contributed by atoms with Gasteiger partial charge in [0, 0.05) is 0 Å². The Morgan fingerprint density at radius 1 is 0.769 bits per heavy atom. The summed E-state index contributed by atoms with van der Waals surface area (Å²) in [6.45, 7) is 2.07. The van der Waals surface area contributed by atoms with E-state index in [9.17, 15) is 0 Å². The van der Waals surface area contributed by atoms with E-state index in [0.717, 1.165) is 0 Å². The standard InChI is InChI=1S/C12H16O/c1-2-3-4-5-6-7-8-9-10-11-12-13/h2-11,13H,12H2,1H3/b3-2+,5-4+,7-6+,9-8+,11-10+. The minimum absolute atomic E-state index is 0.0925. The van der Waals surface area contributed by atoms with Crippen molar-refractivity contribution in [2.24, 2.45) is 0 Å². The van der Waals surface area contributed by atoms with Crippen molar-refractivity contribution in [1.29, 1.82) is 0 Å². The lowest BCUT2D eigenvalue weighted by atomic mass is 10.3. The largest absolute Gasteiger partial charge is 0.392 e. The lowest BCUT2D eigenvalue weighted by Crippen LogP contribution is -1.66. The molecular formula is C12H16O. The zero-order valence-corrected chi connectivity index (χ0v) is 7.93. The van der Waals surface area contributed by atoms with Crippen molar-refractivity contribution in [3.63, 3.8) is 0 Å². The summed E-state index contributed by atoms with van der Waals surface area (Å²) in [6, 6.07) is 0. The third-order valence-corrected chi connectivity index (χ3v) is 1.21. The summed E-state index contributed by atoms with van der Waals surface area (Å²) in [5.74, 6) is 0. The van der Waals surface area contributed by atoms with Crippen molar-refractivity contribution in [2.75, 3.05) is 6.61 Å². The normalized spacial score (nSPS) is 13.7. The summed E-state index contributed by atoms with van der Waals surface area (Å²) in [6.07, 6.45) is 19.0. The van der Waals surface area contributed by atoms with E-state index in [1.54, 1.807) is 12.2 Å². The molecule has 0 aliphatic rings. The van der Waals surface area contributed by atoms with Crippen molar-refractivity contribution in [3.05, 3.63) is 60.8 Å². The highest BCUT2D eigenvalue weighted by atomic mass is 16.2. The van der Waals surface area contributed by atoms with E-state index in [2.05, 4.69) is 0 Å². The molecule has 70 valence electrons. The molecule has 13 heavy (non-hydrogen) atoms. The molecule has 0 aromatic carbocycles. The first-order chi connectivity index (χ1) is 6.41. The maximum Gasteiger partial charge on any atom is 0.0615 e. The van der Waals surface area contributed by atoms with Crippen LogP contribution in [0.25, 0.3) is 0 Å². The third-order valence-electron chi connectivity index (χ3n) is 1.21. The first-order valence-corrected chi connectivity index (χ1v) is 4.30. The predicted octanol–water partition coefficient (Wildman–Crippen LogP) is 2.78. The second kappa shape index (κ2) is 10.7. The quantitative estimate of drug-likeness (QED) is 0.639. The molecule has 0 aliphatic heterocycles. The smallest absolute Gasteiger partial charge is 0.0615 e. The molecule has 1 nitrogen and oxygen atoms in total. The Bertz CT molecular complexity index is 230. The van der Waals surface area contributed by atoms with Crippen LogP contribution in [-0.4, -0.2) is 11.7 Å². The SMILES string of the molecule is C/C=C/C=C/C=C/C=C/C=C/CO. The highest BCUT2D eigenvalue weighted by molar-refractivity contribution is 5.17. The van der Waals surface area contributed by atoms with Gasteiger partial charge in [-0.15, -0.1) is 0 Å². The van der Waals surface area contributed by atoms with Gasteiger partial charge in [-0.3, -0.25) is 0 Å². The van der Waals surface area contributed by atoms with E-state index in [1.165, 1.54) is 0 Å². The van der Waals surface area contributed by atoms with Gasteiger partial charge in [0.2, 0.25) is 0 Å². The maximum atomic E-state index is 8.41. The van der Waals surface area contributed by atoms with Gasteiger partial charge in [-0.1, -0.05) is 60.8 Å². The zero-order valence-electron chi connectivity index (χ0n) is 7.93. The monoisotopic (exact) mass is 176 g/mol. The Morgan fingerprint density at radius 2 is 1.23 bits per heavy atom. The second-order valence-electron chi connectivity index (χ2n) is 2.29. The third kappa shape index (κ3) is 10.7. The van der Waals surface area contributed by atoms with Crippen molar-refractivity contribution < 1.29 is 5.11 Å². The first kappa shape index (κ1) is 11.7. The summed E-state index contributed by atoms with van der Waals surface area (Å²) in [7, 11) is 0. The van der Waals surface area contributed by atoms with Crippen LogP contribution in [0.5, 0.6) is 0 Å². The molecular weight excluding hydrogens is 160 g/mol. The van der Waals surface area contributed by atoms with Crippen molar-refractivity contribution >= 4 is 0 Å². The van der Waals surface area contributed by atoms with Crippen LogP contribution in [0.4, 0.5) is 0 Å². The molecule has 0 amide bonds. The van der Waals surface area contributed by atoms with Gasteiger partial charge in [-0.05, 0) is 6.92 Å². The van der Waals surface area contributed by atoms with Crippen LogP contribution in [0.3, 0.4) is 0 Å². The first-order valence-electron chi connectivity index (χ1n) is 4.30. The molecule has 0 saturated carbocycles. The Morgan fingerprint density at radius 3 is 1.69 bits per heavy atom. The fourth-order valence-corrected chi connectivity index (χ4v) is 0.635. The molecule has 0 aliphatic carbocycles. The average Bonchev–Trinajstić information content (AvgIpc) is 2.16. The van der Waals surface area contributed by atoms with Crippen molar-refractivity contribution in [2.45, 2.75) is 6.92 Å².